The first-order valence-corrected chi connectivity index (χ1v) is 13.9. The molecule has 2 fully saturated rings. The highest BCUT2D eigenvalue weighted by molar-refractivity contribution is 5.96. The van der Waals surface area contributed by atoms with Gasteiger partial charge in [0.05, 0.1) is 6.42 Å². The van der Waals surface area contributed by atoms with Gasteiger partial charge in [-0.2, -0.15) is 0 Å². The van der Waals surface area contributed by atoms with Crippen molar-refractivity contribution in [3.63, 3.8) is 0 Å². The summed E-state index contributed by atoms with van der Waals surface area (Å²) in [7, 11) is 0. The number of hydrogen-bond donors (Lipinski definition) is 3. The lowest BCUT2D eigenvalue weighted by molar-refractivity contribution is -0.137. The molecule has 3 N–H and O–H groups in total. The Bertz CT molecular complexity index is 1250. The van der Waals surface area contributed by atoms with Crippen LogP contribution < -0.4 is 10.6 Å². The molecule has 7 heteroatoms. The second-order valence-electron chi connectivity index (χ2n) is 10.8. The predicted octanol–water partition coefficient (Wildman–Crippen LogP) is 6.21. The Morgan fingerprint density at radius 2 is 1.73 bits per heavy atom. The first kappa shape index (κ1) is 25.3. The first-order valence-electron chi connectivity index (χ1n) is 13.9. The maximum Gasteiger partial charge on any atom is 0.305 e. The molecular formula is C30H38N4O3. The van der Waals surface area contributed by atoms with E-state index in [4.69, 9.17) is 4.98 Å². The van der Waals surface area contributed by atoms with Gasteiger partial charge in [0.25, 0.3) is 5.91 Å². The third-order valence-corrected chi connectivity index (χ3v) is 8.16. The first-order chi connectivity index (χ1) is 18.0. The van der Waals surface area contributed by atoms with Gasteiger partial charge in [-0.25, -0.2) is 4.98 Å². The molecule has 7 nitrogen and oxygen atoms in total. The highest BCUT2D eigenvalue weighted by Gasteiger charge is 2.28. The number of anilines is 1. The number of carbonyl (C=O) groups excluding carboxylic acids is 1. The molecule has 196 valence electrons. The third kappa shape index (κ3) is 5.81. The summed E-state index contributed by atoms with van der Waals surface area (Å²) < 4.78 is 2.04. The number of nitrogens with one attached hydrogen (secondary N) is 2. The lowest BCUT2D eigenvalue weighted by Crippen LogP contribution is -2.42. The van der Waals surface area contributed by atoms with Crippen molar-refractivity contribution in [1.82, 2.24) is 14.7 Å². The largest absolute Gasteiger partial charge is 0.481 e. The summed E-state index contributed by atoms with van der Waals surface area (Å²) in [6.45, 7) is 2.09. The summed E-state index contributed by atoms with van der Waals surface area (Å²) in [4.78, 5) is 29.8. The quantitative estimate of drug-likeness (QED) is 0.340. The highest BCUT2D eigenvalue weighted by atomic mass is 16.4. The molecule has 1 unspecified atom stereocenters. The summed E-state index contributed by atoms with van der Waals surface area (Å²) in [5.74, 6) is 0.0690. The number of carboxylic acid groups (broad SMARTS) is 1. The molecule has 0 saturated heterocycles. The van der Waals surface area contributed by atoms with Gasteiger partial charge in [-0.15, -0.1) is 0 Å². The topological polar surface area (TPSA) is 95.7 Å². The van der Waals surface area contributed by atoms with E-state index in [9.17, 15) is 14.7 Å². The van der Waals surface area contributed by atoms with Gasteiger partial charge in [0.15, 0.2) is 0 Å². The molecule has 0 spiro atoms. The number of aryl methyl sites for hydroxylation is 1. The van der Waals surface area contributed by atoms with Crippen molar-refractivity contribution in [3.8, 4) is 11.3 Å². The van der Waals surface area contributed by atoms with Crippen molar-refractivity contribution in [2.45, 2.75) is 89.6 Å². The van der Waals surface area contributed by atoms with E-state index in [2.05, 4.69) is 29.7 Å². The van der Waals surface area contributed by atoms with Gasteiger partial charge in [-0.05, 0) is 56.2 Å². The second-order valence-corrected chi connectivity index (χ2v) is 10.8. The fourth-order valence-electron chi connectivity index (χ4n) is 6.10. The number of carboxylic acids is 1. The summed E-state index contributed by atoms with van der Waals surface area (Å²) in [5.41, 5.74) is 4.34. The van der Waals surface area contributed by atoms with Gasteiger partial charge in [0.2, 0.25) is 0 Å². The van der Waals surface area contributed by atoms with Crippen LogP contribution in [0.15, 0.2) is 42.6 Å². The number of benzene rings is 1. The van der Waals surface area contributed by atoms with Crippen LogP contribution in [0.25, 0.3) is 16.9 Å². The van der Waals surface area contributed by atoms with Gasteiger partial charge in [-0.3, -0.25) is 14.0 Å². The number of aromatic nitrogens is 2. The number of carbonyl (C=O) groups is 2. The monoisotopic (exact) mass is 502 g/mol. The third-order valence-electron chi connectivity index (χ3n) is 8.16. The lowest BCUT2D eigenvalue weighted by atomic mass is 9.82. The summed E-state index contributed by atoms with van der Waals surface area (Å²) >= 11 is 0. The summed E-state index contributed by atoms with van der Waals surface area (Å²) in [6, 6.07) is 11.9. The maximum absolute atomic E-state index is 13.3. The number of nitrogens with zero attached hydrogens (tertiary/aromatic N) is 2. The van der Waals surface area contributed by atoms with Crippen molar-refractivity contribution in [3.05, 3.63) is 53.7 Å². The minimum atomic E-state index is -0.874. The van der Waals surface area contributed by atoms with E-state index in [0.717, 1.165) is 61.2 Å². The Morgan fingerprint density at radius 1 is 1.03 bits per heavy atom. The summed E-state index contributed by atoms with van der Waals surface area (Å²) in [5, 5.41) is 16.3. The molecule has 2 aromatic heterocycles. The molecule has 1 atom stereocenters. The molecule has 2 aliphatic carbocycles. The molecule has 0 radical (unpaired) electrons. The number of fused-ring (bicyclic) bond motifs is 1. The number of rotatable bonds is 8. The molecule has 2 aliphatic rings. The molecule has 37 heavy (non-hydrogen) atoms. The minimum Gasteiger partial charge on any atom is -0.481 e. The second kappa shape index (κ2) is 11.4. The number of aliphatic carboxylic acids is 1. The minimum absolute atomic E-state index is 0.0467. The van der Waals surface area contributed by atoms with Gasteiger partial charge in [-0.1, -0.05) is 62.8 Å². The van der Waals surface area contributed by atoms with Crippen LogP contribution in [0.3, 0.4) is 0 Å². The normalized spacial score (nSPS) is 18.0. The van der Waals surface area contributed by atoms with Crippen LogP contribution in [0.2, 0.25) is 0 Å². The molecule has 2 heterocycles. The Morgan fingerprint density at radius 3 is 2.43 bits per heavy atom. The Balaban J connectivity index is 1.46. The zero-order valence-electron chi connectivity index (χ0n) is 21.7. The number of hydrogen-bond acceptors (Lipinski definition) is 4. The molecule has 1 aromatic carbocycles. The van der Waals surface area contributed by atoms with Crippen molar-refractivity contribution in [2.24, 2.45) is 5.92 Å². The van der Waals surface area contributed by atoms with E-state index < -0.39 is 5.97 Å². The van der Waals surface area contributed by atoms with Crippen LogP contribution in [0.5, 0.6) is 0 Å². The maximum atomic E-state index is 13.3. The zero-order valence-corrected chi connectivity index (χ0v) is 21.7. The average molecular weight is 503 g/mol. The molecule has 0 bridgehead atoms. The molecule has 5 rings (SSSR count). The van der Waals surface area contributed by atoms with Gasteiger partial charge < -0.3 is 15.7 Å². The van der Waals surface area contributed by atoms with Crippen molar-refractivity contribution < 1.29 is 14.7 Å². The number of pyridine rings is 1. The van der Waals surface area contributed by atoms with Crippen LogP contribution in [0.4, 0.5) is 5.82 Å². The van der Waals surface area contributed by atoms with Crippen LogP contribution >= 0.6 is 0 Å². The van der Waals surface area contributed by atoms with Crippen LogP contribution in [0.1, 0.15) is 86.6 Å². The van der Waals surface area contributed by atoms with Gasteiger partial charge in [0, 0.05) is 29.4 Å². The molecule has 2 saturated carbocycles. The van der Waals surface area contributed by atoms with Crippen LogP contribution in [0, 0.1) is 12.8 Å². The average Bonchev–Trinajstić information content (AvgIpc) is 3.26. The lowest BCUT2D eigenvalue weighted by Gasteiger charge is -2.30. The van der Waals surface area contributed by atoms with E-state index in [1.165, 1.54) is 25.7 Å². The molecular weight excluding hydrogens is 464 g/mol. The molecule has 0 aliphatic heterocycles. The van der Waals surface area contributed by atoms with Crippen LogP contribution in [-0.4, -0.2) is 38.5 Å². The van der Waals surface area contributed by atoms with Crippen molar-refractivity contribution >= 4 is 23.3 Å². The number of imidazole rings is 1. The van der Waals surface area contributed by atoms with Crippen molar-refractivity contribution in [1.29, 1.82) is 0 Å². The fraction of sp³-hybridized carbons (Fsp3) is 0.500. The SMILES string of the molecule is Cc1ccccc1-c1nc2cc(C(=O)NC(CC(=O)O)C3CCCCC3)ccn2c1NC1CCCCC1. The van der Waals surface area contributed by atoms with E-state index >= 15 is 0 Å². The zero-order chi connectivity index (χ0) is 25.8. The Kier molecular flexibility index (Phi) is 7.77. The van der Waals surface area contributed by atoms with Crippen LogP contribution in [-0.2, 0) is 4.79 Å². The standard InChI is InChI=1S/C30H38N4O3/c1-20-10-8-9-15-24(20)28-29(31-23-13-6-3-7-14-23)34-17-16-22(18-26(34)33-28)30(37)32-25(19-27(35)36)21-11-4-2-5-12-21/h8-10,15-18,21,23,25,31H,2-7,11-14,19H2,1H3,(H,32,37)(H,35,36). The van der Waals surface area contributed by atoms with E-state index in [0.29, 0.717) is 17.3 Å². The summed E-state index contributed by atoms with van der Waals surface area (Å²) in [6.07, 6.45) is 13.2. The molecule has 3 aromatic rings. The van der Waals surface area contributed by atoms with Gasteiger partial charge >= 0.3 is 5.97 Å². The number of amides is 1. The fourth-order valence-corrected chi connectivity index (χ4v) is 6.10. The van der Waals surface area contributed by atoms with E-state index in [1.54, 1.807) is 0 Å². The van der Waals surface area contributed by atoms with Crippen molar-refractivity contribution in [2.75, 3.05) is 5.32 Å². The Hall–Kier alpha value is -3.35. The molecule has 1 amide bonds. The predicted molar refractivity (Wildman–Crippen MR) is 146 cm³/mol. The van der Waals surface area contributed by atoms with E-state index in [1.807, 2.05) is 34.9 Å². The Labute approximate surface area is 218 Å². The van der Waals surface area contributed by atoms with Gasteiger partial charge in [0.1, 0.15) is 17.2 Å². The smallest absolute Gasteiger partial charge is 0.305 e. The van der Waals surface area contributed by atoms with E-state index in [-0.39, 0.29) is 24.3 Å². The highest BCUT2D eigenvalue weighted by Crippen LogP contribution is 2.34.